The topological polar surface area (TPSA) is 29.5 Å². The molecule has 1 fully saturated rings. The summed E-state index contributed by atoms with van der Waals surface area (Å²) in [5.41, 5.74) is 3.54. The highest BCUT2D eigenvalue weighted by molar-refractivity contribution is 6.00. The fourth-order valence-electron chi connectivity index (χ4n) is 4.25. The molecule has 1 atom stereocenters. The third-order valence-corrected chi connectivity index (χ3v) is 5.60. The molecule has 0 saturated carbocycles. The number of hydrogen-bond donors (Lipinski definition) is 0. The fourth-order valence-corrected chi connectivity index (χ4v) is 4.25. The lowest BCUT2D eigenvalue weighted by atomic mass is 9.83. The number of ether oxygens (including phenoxy) is 1. The number of fused-ring (bicyclic) bond motifs is 1. The third-order valence-electron chi connectivity index (χ3n) is 5.60. The number of carbonyl (C=O) groups is 1. The summed E-state index contributed by atoms with van der Waals surface area (Å²) in [4.78, 5) is 15.7. The summed E-state index contributed by atoms with van der Waals surface area (Å²) in [7, 11) is 0. The highest BCUT2D eigenvalue weighted by Crippen LogP contribution is 2.34. The van der Waals surface area contributed by atoms with Crippen LogP contribution >= 0.6 is 0 Å². The second-order valence-electron chi connectivity index (χ2n) is 7.19. The maximum absolute atomic E-state index is 13.2. The van der Waals surface area contributed by atoms with E-state index < -0.39 is 0 Å². The SMILES string of the molecule is CCOc1ccc(C(=O)C(CC)CN2CCCC2)c2c1CCCC2. The first-order chi connectivity index (χ1) is 11.7. The Morgan fingerprint density at radius 3 is 2.46 bits per heavy atom. The molecule has 2 aliphatic rings. The first kappa shape index (κ1) is 17.5. The van der Waals surface area contributed by atoms with Crippen molar-refractivity contribution in [2.45, 2.75) is 58.8 Å². The summed E-state index contributed by atoms with van der Waals surface area (Å²) < 4.78 is 5.81. The van der Waals surface area contributed by atoms with E-state index in [0.29, 0.717) is 12.4 Å². The van der Waals surface area contributed by atoms with E-state index in [4.69, 9.17) is 4.74 Å². The molecule has 1 aromatic carbocycles. The second-order valence-corrected chi connectivity index (χ2v) is 7.19. The van der Waals surface area contributed by atoms with Gasteiger partial charge in [-0.3, -0.25) is 4.79 Å². The molecule has 0 spiro atoms. The number of Topliss-reactive ketones (excluding diaryl/α,β-unsaturated/α-hetero) is 1. The van der Waals surface area contributed by atoms with Gasteiger partial charge >= 0.3 is 0 Å². The molecule has 3 rings (SSSR count). The molecule has 132 valence electrons. The molecule has 0 aromatic heterocycles. The molecule has 0 amide bonds. The van der Waals surface area contributed by atoms with E-state index in [0.717, 1.165) is 50.2 Å². The largest absolute Gasteiger partial charge is 0.494 e. The Morgan fingerprint density at radius 1 is 1.08 bits per heavy atom. The summed E-state index contributed by atoms with van der Waals surface area (Å²) in [5, 5.41) is 0. The Bertz CT molecular complexity index is 575. The number of likely N-dealkylation sites (tertiary alicyclic amines) is 1. The van der Waals surface area contributed by atoms with Crippen LogP contribution in [0, 0.1) is 5.92 Å². The van der Waals surface area contributed by atoms with Crippen LogP contribution in [-0.2, 0) is 12.8 Å². The predicted octanol–water partition coefficient (Wildman–Crippen LogP) is 4.27. The summed E-state index contributed by atoms with van der Waals surface area (Å²) in [6.07, 6.45) is 7.96. The normalized spacial score (nSPS) is 19.1. The highest BCUT2D eigenvalue weighted by atomic mass is 16.5. The molecule has 0 radical (unpaired) electrons. The van der Waals surface area contributed by atoms with Crippen LogP contribution in [0.15, 0.2) is 12.1 Å². The van der Waals surface area contributed by atoms with E-state index in [-0.39, 0.29) is 5.92 Å². The van der Waals surface area contributed by atoms with Gasteiger partial charge in [-0.2, -0.15) is 0 Å². The predicted molar refractivity (Wildman–Crippen MR) is 98.0 cm³/mol. The van der Waals surface area contributed by atoms with E-state index in [2.05, 4.69) is 11.8 Å². The number of carbonyl (C=O) groups excluding carboxylic acids is 1. The van der Waals surface area contributed by atoms with Gasteiger partial charge in [-0.25, -0.2) is 0 Å². The van der Waals surface area contributed by atoms with Crippen molar-refractivity contribution in [1.82, 2.24) is 4.90 Å². The molecule has 1 unspecified atom stereocenters. The van der Waals surface area contributed by atoms with Crippen molar-refractivity contribution in [2.24, 2.45) is 5.92 Å². The van der Waals surface area contributed by atoms with Crippen molar-refractivity contribution >= 4 is 5.78 Å². The maximum Gasteiger partial charge on any atom is 0.167 e. The zero-order valence-electron chi connectivity index (χ0n) is 15.3. The number of rotatable bonds is 7. The molecule has 1 aromatic rings. The van der Waals surface area contributed by atoms with Crippen LogP contribution in [0.4, 0.5) is 0 Å². The van der Waals surface area contributed by atoms with Gasteiger partial charge in [0.15, 0.2) is 5.78 Å². The molecular weight excluding hydrogens is 298 g/mol. The lowest BCUT2D eigenvalue weighted by Crippen LogP contribution is -2.31. The summed E-state index contributed by atoms with van der Waals surface area (Å²) >= 11 is 0. The Balaban J connectivity index is 1.85. The molecule has 1 aliphatic carbocycles. The Morgan fingerprint density at radius 2 is 1.79 bits per heavy atom. The summed E-state index contributed by atoms with van der Waals surface area (Å²) in [6.45, 7) is 8.11. The summed E-state index contributed by atoms with van der Waals surface area (Å²) in [6, 6.07) is 4.06. The maximum atomic E-state index is 13.2. The van der Waals surface area contributed by atoms with Gasteiger partial charge in [0, 0.05) is 18.0 Å². The van der Waals surface area contributed by atoms with Gasteiger partial charge in [0.05, 0.1) is 6.61 Å². The summed E-state index contributed by atoms with van der Waals surface area (Å²) in [5.74, 6) is 1.48. The van der Waals surface area contributed by atoms with Gasteiger partial charge in [0.2, 0.25) is 0 Å². The van der Waals surface area contributed by atoms with Crippen LogP contribution in [0.25, 0.3) is 0 Å². The van der Waals surface area contributed by atoms with Gasteiger partial charge < -0.3 is 9.64 Å². The van der Waals surface area contributed by atoms with Gasteiger partial charge in [-0.05, 0) is 88.2 Å². The molecule has 24 heavy (non-hydrogen) atoms. The monoisotopic (exact) mass is 329 g/mol. The van der Waals surface area contributed by atoms with E-state index in [1.165, 1.54) is 36.8 Å². The minimum Gasteiger partial charge on any atom is -0.494 e. The van der Waals surface area contributed by atoms with Crippen LogP contribution in [0.3, 0.4) is 0 Å². The van der Waals surface area contributed by atoms with E-state index in [1.54, 1.807) is 0 Å². The zero-order chi connectivity index (χ0) is 16.9. The standard InChI is InChI=1S/C21H31NO2/c1-3-16(15-22-13-7-8-14-22)21(23)19-11-12-20(24-4-2)18-10-6-5-9-17(18)19/h11-12,16H,3-10,13-15H2,1-2H3. The third kappa shape index (κ3) is 3.66. The average molecular weight is 329 g/mol. The van der Waals surface area contributed by atoms with Crippen molar-refractivity contribution in [3.63, 3.8) is 0 Å². The molecule has 3 nitrogen and oxygen atoms in total. The number of ketones is 1. The van der Waals surface area contributed by atoms with Crippen LogP contribution in [-0.4, -0.2) is 36.9 Å². The smallest absolute Gasteiger partial charge is 0.167 e. The lowest BCUT2D eigenvalue weighted by Gasteiger charge is -2.25. The minimum absolute atomic E-state index is 0.132. The van der Waals surface area contributed by atoms with E-state index in [1.807, 2.05) is 19.1 Å². The highest BCUT2D eigenvalue weighted by Gasteiger charge is 2.27. The zero-order valence-corrected chi connectivity index (χ0v) is 15.3. The van der Waals surface area contributed by atoms with E-state index in [9.17, 15) is 4.79 Å². The number of nitrogens with zero attached hydrogens (tertiary/aromatic N) is 1. The van der Waals surface area contributed by atoms with Gasteiger partial charge in [0.1, 0.15) is 5.75 Å². The van der Waals surface area contributed by atoms with Crippen LogP contribution in [0.5, 0.6) is 5.75 Å². The Hall–Kier alpha value is -1.35. The molecule has 0 N–H and O–H groups in total. The quantitative estimate of drug-likeness (QED) is 0.700. The lowest BCUT2D eigenvalue weighted by molar-refractivity contribution is 0.0884. The van der Waals surface area contributed by atoms with Crippen LogP contribution < -0.4 is 4.74 Å². The van der Waals surface area contributed by atoms with Crippen molar-refractivity contribution in [3.8, 4) is 5.75 Å². The van der Waals surface area contributed by atoms with Crippen molar-refractivity contribution < 1.29 is 9.53 Å². The molecule has 3 heteroatoms. The molecule has 0 bridgehead atoms. The van der Waals surface area contributed by atoms with Gasteiger partial charge in [-0.15, -0.1) is 0 Å². The average Bonchev–Trinajstić information content (AvgIpc) is 3.13. The number of hydrogen-bond acceptors (Lipinski definition) is 3. The van der Waals surface area contributed by atoms with Crippen molar-refractivity contribution in [1.29, 1.82) is 0 Å². The molecular formula is C21H31NO2. The Kier molecular flexibility index (Phi) is 5.94. The Labute approximate surface area is 146 Å². The number of benzene rings is 1. The molecule has 1 heterocycles. The fraction of sp³-hybridized carbons (Fsp3) is 0.667. The second kappa shape index (κ2) is 8.15. The first-order valence-corrected chi connectivity index (χ1v) is 9.78. The molecule has 1 aliphatic heterocycles. The van der Waals surface area contributed by atoms with Gasteiger partial charge in [0.25, 0.3) is 0 Å². The van der Waals surface area contributed by atoms with Gasteiger partial charge in [-0.1, -0.05) is 6.92 Å². The first-order valence-electron chi connectivity index (χ1n) is 9.78. The molecule has 1 saturated heterocycles. The van der Waals surface area contributed by atoms with Crippen LogP contribution in [0.1, 0.15) is 67.4 Å². The minimum atomic E-state index is 0.132. The van der Waals surface area contributed by atoms with E-state index >= 15 is 0 Å². The van der Waals surface area contributed by atoms with Crippen molar-refractivity contribution in [3.05, 3.63) is 28.8 Å². The van der Waals surface area contributed by atoms with Crippen molar-refractivity contribution in [2.75, 3.05) is 26.2 Å². The van der Waals surface area contributed by atoms with Crippen LogP contribution in [0.2, 0.25) is 0 Å².